The van der Waals surface area contributed by atoms with Crippen LogP contribution in [0.1, 0.15) is 12.8 Å². The summed E-state index contributed by atoms with van der Waals surface area (Å²) in [7, 11) is 0. The van der Waals surface area contributed by atoms with Crippen LogP contribution >= 0.6 is 11.8 Å². The fourth-order valence-electron chi connectivity index (χ4n) is 2.19. The molecule has 1 aromatic carbocycles. The molecule has 1 N–H and O–H groups in total. The average Bonchev–Trinajstić information content (AvgIpc) is 2.94. The first-order valence-electron chi connectivity index (χ1n) is 6.22. The second-order valence-electron chi connectivity index (χ2n) is 4.39. The molecule has 0 aliphatic carbocycles. The van der Waals surface area contributed by atoms with E-state index in [2.05, 4.69) is 33.6 Å². The van der Waals surface area contributed by atoms with Crippen LogP contribution < -0.4 is 5.32 Å². The van der Waals surface area contributed by atoms with Gasteiger partial charge in [0, 0.05) is 6.04 Å². The zero-order valence-corrected chi connectivity index (χ0v) is 10.9. The van der Waals surface area contributed by atoms with Gasteiger partial charge in [-0.2, -0.15) is 16.9 Å². The van der Waals surface area contributed by atoms with Crippen LogP contribution in [0.25, 0.3) is 5.69 Å². The van der Waals surface area contributed by atoms with Crippen LogP contribution in [-0.4, -0.2) is 32.3 Å². The molecule has 4 nitrogen and oxygen atoms in total. The van der Waals surface area contributed by atoms with E-state index in [1.807, 2.05) is 17.8 Å². The van der Waals surface area contributed by atoms with Crippen molar-refractivity contribution in [2.75, 3.05) is 16.8 Å². The number of anilines is 1. The van der Waals surface area contributed by atoms with E-state index < -0.39 is 0 Å². The summed E-state index contributed by atoms with van der Waals surface area (Å²) < 4.78 is 1.81. The van der Waals surface area contributed by atoms with Crippen LogP contribution in [0.15, 0.2) is 36.9 Å². The van der Waals surface area contributed by atoms with Gasteiger partial charge < -0.3 is 5.32 Å². The minimum absolute atomic E-state index is 0.580. The lowest BCUT2D eigenvalue weighted by molar-refractivity contribution is 0.665. The number of nitrogens with zero attached hydrogens (tertiary/aromatic N) is 3. The van der Waals surface area contributed by atoms with Gasteiger partial charge >= 0.3 is 0 Å². The molecule has 18 heavy (non-hydrogen) atoms. The van der Waals surface area contributed by atoms with E-state index in [0.717, 1.165) is 11.4 Å². The van der Waals surface area contributed by atoms with Gasteiger partial charge in [-0.3, -0.25) is 0 Å². The van der Waals surface area contributed by atoms with E-state index in [1.54, 1.807) is 17.3 Å². The molecule has 0 saturated carbocycles. The fourth-order valence-corrected chi connectivity index (χ4v) is 3.30. The summed E-state index contributed by atoms with van der Waals surface area (Å²) in [4.78, 5) is 4.01. The average molecular weight is 260 g/mol. The highest BCUT2D eigenvalue weighted by Crippen LogP contribution is 2.24. The van der Waals surface area contributed by atoms with Crippen molar-refractivity contribution in [1.29, 1.82) is 0 Å². The Morgan fingerprint density at radius 1 is 1.22 bits per heavy atom. The van der Waals surface area contributed by atoms with E-state index in [4.69, 9.17) is 0 Å². The highest BCUT2D eigenvalue weighted by molar-refractivity contribution is 7.99. The van der Waals surface area contributed by atoms with Gasteiger partial charge in [0.15, 0.2) is 0 Å². The van der Waals surface area contributed by atoms with Crippen molar-refractivity contribution in [3.05, 3.63) is 36.9 Å². The number of benzene rings is 1. The summed E-state index contributed by atoms with van der Waals surface area (Å²) in [5.74, 6) is 2.51. The third-order valence-corrected chi connectivity index (χ3v) is 4.20. The van der Waals surface area contributed by atoms with Crippen molar-refractivity contribution in [1.82, 2.24) is 14.8 Å². The van der Waals surface area contributed by atoms with Crippen molar-refractivity contribution in [3.63, 3.8) is 0 Å². The van der Waals surface area contributed by atoms with Crippen LogP contribution in [0.3, 0.4) is 0 Å². The largest absolute Gasteiger partial charge is 0.381 e. The van der Waals surface area contributed by atoms with Crippen molar-refractivity contribution in [2.24, 2.45) is 0 Å². The van der Waals surface area contributed by atoms with Crippen LogP contribution in [0, 0.1) is 0 Å². The normalized spacial score (nSPS) is 16.7. The number of hydrogen-bond donors (Lipinski definition) is 1. The molecular weight excluding hydrogens is 244 g/mol. The van der Waals surface area contributed by atoms with Gasteiger partial charge in [0.1, 0.15) is 12.7 Å². The second-order valence-corrected chi connectivity index (χ2v) is 5.61. The Balaban J connectivity index is 1.83. The van der Waals surface area contributed by atoms with E-state index in [0.29, 0.717) is 6.04 Å². The van der Waals surface area contributed by atoms with Crippen LogP contribution in [0.2, 0.25) is 0 Å². The van der Waals surface area contributed by atoms with Gasteiger partial charge in [-0.1, -0.05) is 12.1 Å². The first kappa shape index (κ1) is 11.6. The number of thioether (sulfide) groups is 1. The molecule has 0 bridgehead atoms. The summed E-state index contributed by atoms with van der Waals surface area (Å²) in [5, 5.41) is 7.84. The van der Waals surface area contributed by atoms with E-state index in [-0.39, 0.29) is 0 Å². The van der Waals surface area contributed by atoms with Crippen molar-refractivity contribution in [2.45, 2.75) is 18.9 Å². The standard InChI is InChI=1S/C13H16N4S/c1-2-4-13(17-10-14-9-15-17)12(3-1)16-11-5-7-18-8-6-11/h1-4,9-11,16H,5-8H2. The second kappa shape index (κ2) is 5.44. The maximum Gasteiger partial charge on any atom is 0.138 e. The molecule has 1 aliphatic heterocycles. The lowest BCUT2D eigenvalue weighted by Gasteiger charge is -2.24. The molecule has 1 fully saturated rings. The first-order valence-corrected chi connectivity index (χ1v) is 7.37. The first-order chi connectivity index (χ1) is 8.93. The Bertz CT molecular complexity index is 491. The molecule has 2 aromatic rings. The number of rotatable bonds is 3. The lowest BCUT2D eigenvalue weighted by atomic mass is 10.1. The Morgan fingerprint density at radius 3 is 2.83 bits per heavy atom. The van der Waals surface area contributed by atoms with Gasteiger partial charge in [-0.15, -0.1) is 0 Å². The highest BCUT2D eigenvalue weighted by atomic mass is 32.2. The maximum atomic E-state index is 4.20. The molecule has 3 rings (SSSR count). The molecule has 1 aliphatic rings. The van der Waals surface area contributed by atoms with Crippen LogP contribution in [-0.2, 0) is 0 Å². The zero-order valence-electron chi connectivity index (χ0n) is 10.1. The molecule has 1 aromatic heterocycles. The zero-order chi connectivity index (χ0) is 12.2. The third-order valence-electron chi connectivity index (χ3n) is 3.15. The molecule has 94 valence electrons. The minimum atomic E-state index is 0.580. The number of para-hydroxylation sites is 2. The van der Waals surface area contributed by atoms with Gasteiger partial charge in [-0.25, -0.2) is 9.67 Å². The van der Waals surface area contributed by atoms with Gasteiger partial charge in [0.2, 0.25) is 0 Å². The maximum absolute atomic E-state index is 4.20. The van der Waals surface area contributed by atoms with Crippen LogP contribution in [0.4, 0.5) is 5.69 Å². The van der Waals surface area contributed by atoms with E-state index >= 15 is 0 Å². The van der Waals surface area contributed by atoms with Gasteiger partial charge in [0.25, 0.3) is 0 Å². The summed E-state index contributed by atoms with van der Waals surface area (Å²) >= 11 is 2.04. The van der Waals surface area contributed by atoms with Gasteiger partial charge in [-0.05, 0) is 36.5 Å². The Hall–Kier alpha value is -1.49. The quantitative estimate of drug-likeness (QED) is 0.921. The summed E-state index contributed by atoms with van der Waals surface area (Å²) in [6, 6.07) is 8.84. The minimum Gasteiger partial charge on any atom is -0.381 e. The molecule has 0 amide bonds. The van der Waals surface area contributed by atoms with Crippen molar-refractivity contribution in [3.8, 4) is 5.69 Å². The SMILES string of the molecule is c1ccc(-n2cncn2)c(NC2CCSCC2)c1. The summed E-state index contributed by atoms with van der Waals surface area (Å²) in [6.45, 7) is 0. The highest BCUT2D eigenvalue weighted by Gasteiger charge is 2.15. The molecular formula is C13H16N4S. The molecule has 0 spiro atoms. The summed E-state index contributed by atoms with van der Waals surface area (Å²) in [5.41, 5.74) is 2.20. The predicted molar refractivity (Wildman–Crippen MR) is 75.3 cm³/mol. The Labute approximate surface area is 111 Å². The number of hydrogen-bond acceptors (Lipinski definition) is 4. The molecule has 1 saturated heterocycles. The smallest absolute Gasteiger partial charge is 0.138 e. The van der Waals surface area contributed by atoms with E-state index in [9.17, 15) is 0 Å². The molecule has 0 unspecified atom stereocenters. The monoisotopic (exact) mass is 260 g/mol. The molecule has 0 atom stereocenters. The Kier molecular flexibility index (Phi) is 3.50. The number of aromatic nitrogens is 3. The summed E-state index contributed by atoms with van der Waals surface area (Å²) in [6.07, 6.45) is 5.76. The molecule has 0 radical (unpaired) electrons. The fraction of sp³-hybridized carbons (Fsp3) is 0.385. The van der Waals surface area contributed by atoms with Crippen molar-refractivity contribution >= 4 is 17.4 Å². The third kappa shape index (κ3) is 2.51. The van der Waals surface area contributed by atoms with Gasteiger partial charge in [0.05, 0.1) is 11.4 Å². The molecule has 2 heterocycles. The van der Waals surface area contributed by atoms with Crippen LogP contribution in [0.5, 0.6) is 0 Å². The lowest BCUT2D eigenvalue weighted by Crippen LogP contribution is -2.25. The predicted octanol–water partition coefficient (Wildman–Crippen LogP) is 2.57. The Morgan fingerprint density at radius 2 is 2.06 bits per heavy atom. The topological polar surface area (TPSA) is 42.7 Å². The number of nitrogens with one attached hydrogen (secondary N) is 1. The molecule has 5 heteroatoms. The van der Waals surface area contributed by atoms with Crippen molar-refractivity contribution < 1.29 is 0 Å². The van der Waals surface area contributed by atoms with E-state index in [1.165, 1.54) is 24.3 Å².